The molecular weight excluding hydrogens is 253 g/mol. The Bertz CT molecular complexity index is 596. The molecule has 0 saturated carbocycles. The number of likely N-dealkylation sites (N-methyl/N-ethyl adjacent to an activating group) is 1. The van der Waals surface area contributed by atoms with Crippen LogP contribution in [0.3, 0.4) is 0 Å². The van der Waals surface area contributed by atoms with E-state index in [9.17, 15) is 4.39 Å². The Kier molecular flexibility index (Phi) is 4.35. The summed E-state index contributed by atoms with van der Waals surface area (Å²) in [4.78, 5) is 1.99. The van der Waals surface area contributed by atoms with Crippen LogP contribution < -0.4 is 10.6 Å². The number of anilines is 1. The first-order valence-electron chi connectivity index (χ1n) is 6.47. The molecule has 0 aliphatic carbocycles. The van der Waals surface area contributed by atoms with Gasteiger partial charge in [-0.2, -0.15) is 0 Å². The number of nitrogens with one attached hydrogen (secondary N) is 1. The summed E-state index contributed by atoms with van der Waals surface area (Å²) in [5, 5.41) is 7.55. The van der Waals surface area contributed by atoms with Crippen LogP contribution in [0.25, 0.3) is 0 Å². The molecule has 0 aromatic heterocycles. The highest BCUT2D eigenvalue weighted by atomic mass is 19.1. The van der Waals surface area contributed by atoms with E-state index in [1.165, 1.54) is 17.7 Å². The fourth-order valence-electron chi connectivity index (χ4n) is 2.12. The fraction of sp³-hybridized carbons (Fsp3) is 0.188. The van der Waals surface area contributed by atoms with Crippen LogP contribution in [0.1, 0.15) is 11.1 Å². The van der Waals surface area contributed by atoms with E-state index in [0.29, 0.717) is 5.56 Å². The summed E-state index contributed by atoms with van der Waals surface area (Å²) in [6.07, 6.45) is 0.881. The maximum Gasteiger partial charge on any atom is 0.125 e. The van der Waals surface area contributed by atoms with E-state index in [1.807, 2.05) is 30.1 Å². The number of hydrogen-bond acceptors (Lipinski definition) is 2. The van der Waals surface area contributed by atoms with Gasteiger partial charge in [0.15, 0.2) is 0 Å². The van der Waals surface area contributed by atoms with Gasteiger partial charge in [0, 0.05) is 24.8 Å². The first kappa shape index (κ1) is 14.1. The van der Waals surface area contributed by atoms with Gasteiger partial charge in [0.05, 0.1) is 0 Å². The molecule has 0 radical (unpaired) electrons. The molecule has 104 valence electrons. The number of rotatable bonds is 5. The summed E-state index contributed by atoms with van der Waals surface area (Å²) in [5.74, 6) is -0.499. The summed E-state index contributed by atoms with van der Waals surface area (Å²) in [7, 11) is 1.92. The molecule has 3 nitrogen and oxygen atoms in total. The van der Waals surface area contributed by atoms with Crippen molar-refractivity contribution >= 4 is 11.5 Å². The smallest absolute Gasteiger partial charge is 0.125 e. The molecule has 0 saturated heterocycles. The highest BCUT2D eigenvalue weighted by Gasteiger charge is 2.11. The Morgan fingerprint density at radius 2 is 1.90 bits per heavy atom. The molecule has 0 heterocycles. The van der Waals surface area contributed by atoms with Crippen LogP contribution in [0.5, 0.6) is 0 Å². The lowest BCUT2D eigenvalue weighted by molar-refractivity contribution is 0.627. The lowest BCUT2D eigenvalue weighted by atomic mass is 10.1. The van der Waals surface area contributed by atoms with Gasteiger partial charge in [0.1, 0.15) is 11.7 Å². The van der Waals surface area contributed by atoms with Crippen molar-refractivity contribution < 1.29 is 4.39 Å². The van der Waals surface area contributed by atoms with Gasteiger partial charge in [-0.25, -0.2) is 4.39 Å². The molecule has 4 heteroatoms. The minimum atomic E-state index is -0.379. The van der Waals surface area contributed by atoms with E-state index in [2.05, 4.69) is 12.1 Å². The number of nitrogens with two attached hydrogens (primary N) is 1. The van der Waals surface area contributed by atoms with Crippen molar-refractivity contribution in [1.29, 1.82) is 5.41 Å². The average molecular weight is 271 g/mol. The van der Waals surface area contributed by atoms with Gasteiger partial charge in [-0.3, -0.25) is 5.41 Å². The summed E-state index contributed by atoms with van der Waals surface area (Å²) < 4.78 is 13.3. The van der Waals surface area contributed by atoms with Gasteiger partial charge < -0.3 is 10.6 Å². The lowest BCUT2D eigenvalue weighted by Crippen LogP contribution is -2.24. The van der Waals surface area contributed by atoms with Crippen LogP contribution in [-0.2, 0) is 6.42 Å². The number of amidine groups is 1. The van der Waals surface area contributed by atoms with Crippen molar-refractivity contribution in [3.05, 3.63) is 65.5 Å². The van der Waals surface area contributed by atoms with Crippen molar-refractivity contribution in [2.24, 2.45) is 5.73 Å². The van der Waals surface area contributed by atoms with Gasteiger partial charge in [-0.05, 0) is 30.2 Å². The van der Waals surface area contributed by atoms with E-state index in [4.69, 9.17) is 11.1 Å². The molecule has 0 spiro atoms. The first-order chi connectivity index (χ1) is 9.58. The summed E-state index contributed by atoms with van der Waals surface area (Å²) in [6.45, 7) is 0.774. The highest BCUT2D eigenvalue weighted by Crippen LogP contribution is 2.20. The van der Waals surface area contributed by atoms with Gasteiger partial charge in [-0.1, -0.05) is 30.3 Å². The fourth-order valence-corrected chi connectivity index (χ4v) is 2.12. The Morgan fingerprint density at radius 1 is 1.20 bits per heavy atom. The average Bonchev–Trinajstić information content (AvgIpc) is 2.45. The maximum absolute atomic E-state index is 13.3. The number of nitrogen functional groups attached to an aromatic ring is 1. The Morgan fingerprint density at radius 3 is 2.55 bits per heavy atom. The third-order valence-corrected chi connectivity index (χ3v) is 3.24. The summed E-state index contributed by atoms with van der Waals surface area (Å²) >= 11 is 0. The van der Waals surface area contributed by atoms with E-state index in [-0.39, 0.29) is 11.7 Å². The number of benzene rings is 2. The van der Waals surface area contributed by atoms with E-state index < -0.39 is 0 Å². The molecule has 0 unspecified atom stereocenters. The zero-order chi connectivity index (χ0) is 14.5. The molecule has 3 N–H and O–H groups in total. The minimum Gasteiger partial charge on any atom is -0.384 e. The Labute approximate surface area is 118 Å². The maximum atomic E-state index is 13.3. The Hall–Kier alpha value is -2.36. The van der Waals surface area contributed by atoms with Crippen molar-refractivity contribution in [3.8, 4) is 0 Å². The number of halogens is 1. The van der Waals surface area contributed by atoms with Crippen molar-refractivity contribution in [2.45, 2.75) is 6.42 Å². The largest absolute Gasteiger partial charge is 0.384 e. The number of nitrogens with zero attached hydrogens (tertiary/aromatic N) is 1. The van der Waals surface area contributed by atoms with Crippen molar-refractivity contribution in [2.75, 3.05) is 18.5 Å². The second-order valence-electron chi connectivity index (χ2n) is 4.73. The van der Waals surface area contributed by atoms with Gasteiger partial charge in [0.2, 0.25) is 0 Å². The Balaban J connectivity index is 2.13. The molecule has 0 amide bonds. The second kappa shape index (κ2) is 6.19. The van der Waals surface area contributed by atoms with E-state index in [0.717, 1.165) is 18.7 Å². The minimum absolute atomic E-state index is 0.119. The number of hydrogen-bond donors (Lipinski definition) is 2. The molecule has 2 rings (SSSR count). The predicted molar refractivity (Wildman–Crippen MR) is 80.8 cm³/mol. The van der Waals surface area contributed by atoms with Crippen LogP contribution in [0.15, 0.2) is 48.5 Å². The standard InChI is InChI=1S/C16H18FN3/c1-20(10-9-12-5-3-2-4-6-12)15-8-7-13(17)11-14(15)16(18)19/h2-8,11H,9-10H2,1H3,(H3,18,19). The zero-order valence-corrected chi connectivity index (χ0v) is 11.4. The van der Waals surface area contributed by atoms with Crippen molar-refractivity contribution in [1.82, 2.24) is 0 Å². The molecule has 0 aliphatic rings. The van der Waals surface area contributed by atoms with Crippen LogP contribution in [0.4, 0.5) is 10.1 Å². The molecule has 2 aromatic rings. The third-order valence-electron chi connectivity index (χ3n) is 3.24. The molecule has 20 heavy (non-hydrogen) atoms. The van der Waals surface area contributed by atoms with Crippen LogP contribution in [-0.4, -0.2) is 19.4 Å². The monoisotopic (exact) mass is 271 g/mol. The quantitative estimate of drug-likeness (QED) is 0.649. The molecule has 0 aliphatic heterocycles. The molecule has 0 fully saturated rings. The molecule has 2 aromatic carbocycles. The molecule has 0 bridgehead atoms. The topological polar surface area (TPSA) is 53.1 Å². The molecule has 0 atom stereocenters. The predicted octanol–water partition coefficient (Wildman–Crippen LogP) is 2.79. The van der Waals surface area contributed by atoms with Gasteiger partial charge in [-0.15, -0.1) is 0 Å². The summed E-state index contributed by atoms with van der Waals surface area (Å²) in [6, 6.07) is 14.5. The molecular formula is C16H18FN3. The van der Waals surface area contributed by atoms with Crippen LogP contribution in [0, 0.1) is 11.2 Å². The van der Waals surface area contributed by atoms with Crippen molar-refractivity contribution in [3.63, 3.8) is 0 Å². The van der Waals surface area contributed by atoms with E-state index >= 15 is 0 Å². The highest BCUT2D eigenvalue weighted by molar-refractivity contribution is 6.00. The van der Waals surface area contributed by atoms with Gasteiger partial charge >= 0.3 is 0 Å². The first-order valence-corrected chi connectivity index (χ1v) is 6.47. The zero-order valence-electron chi connectivity index (χ0n) is 11.4. The van der Waals surface area contributed by atoms with E-state index in [1.54, 1.807) is 6.07 Å². The summed E-state index contributed by atoms with van der Waals surface area (Å²) in [5.41, 5.74) is 7.96. The normalized spacial score (nSPS) is 10.3. The third kappa shape index (κ3) is 3.35. The van der Waals surface area contributed by atoms with Crippen LogP contribution in [0.2, 0.25) is 0 Å². The van der Waals surface area contributed by atoms with Gasteiger partial charge in [0.25, 0.3) is 0 Å². The lowest BCUT2D eigenvalue weighted by Gasteiger charge is -2.22. The second-order valence-corrected chi connectivity index (χ2v) is 4.73. The van der Waals surface area contributed by atoms with Crippen LogP contribution >= 0.6 is 0 Å². The SMILES string of the molecule is CN(CCc1ccccc1)c1ccc(F)cc1C(=N)N.